The summed E-state index contributed by atoms with van der Waals surface area (Å²) in [6, 6.07) is 10.5. The first kappa shape index (κ1) is 24.4. The van der Waals surface area contributed by atoms with Crippen molar-refractivity contribution in [1.29, 1.82) is 0 Å². The fraction of sp³-hybridized carbons (Fsp3) is 0.357. The van der Waals surface area contributed by atoms with Crippen LogP contribution in [-0.2, 0) is 0 Å². The number of rotatable bonds is 6. The first-order valence-electron chi connectivity index (χ1n) is 11.7. The van der Waals surface area contributed by atoms with Crippen LogP contribution < -0.4 is 0 Å². The highest BCUT2D eigenvalue weighted by atomic mass is 19.2. The molecule has 3 aromatic carbocycles. The molecule has 0 aromatic heterocycles. The van der Waals surface area contributed by atoms with Gasteiger partial charge in [-0.25, -0.2) is 26.3 Å². The monoisotopic (exact) mass is 476 g/mol. The molecule has 0 spiro atoms. The molecule has 0 unspecified atom stereocenters. The van der Waals surface area contributed by atoms with Crippen molar-refractivity contribution in [3.8, 4) is 22.3 Å². The van der Waals surface area contributed by atoms with Gasteiger partial charge in [-0.05, 0) is 43.1 Å². The molecule has 1 fully saturated rings. The van der Waals surface area contributed by atoms with E-state index in [0.29, 0.717) is 24.3 Å². The molecular weight excluding hydrogens is 450 g/mol. The van der Waals surface area contributed by atoms with Crippen LogP contribution in [0.25, 0.3) is 22.3 Å². The molecule has 0 nitrogen and oxygen atoms in total. The van der Waals surface area contributed by atoms with E-state index in [-0.39, 0.29) is 5.56 Å². The Bertz CT molecular complexity index is 1160. The van der Waals surface area contributed by atoms with Crippen molar-refractivity contribution in [2.24, 2.45) is 5.92 Å². The maximum atomic E-state index is 15.2. The highest BCUT2D eigenvalue weighted by Crippen LogP contribution is 2.45. The minimum absolute atomic E-state index is 0.0664. The van der Waals surface area contributed by atoms with Crippen molar-refractivity contribution in [3.05, 3.63) is 82.9 Å². The Morgan fingerprint density at radius 3 is 1.88 bits per heavy atom. The first-order chi connectivity index (χ1) is 16.3. The van der Waals surface area contributed by atoms with Crippen LogP contribution in [-0.4, -0.2) is 0 Å². The van der Waals surface area contributed by atoms with E-state index >= 15 is 17.6 Å². The van der Waals surface area contributed by atoms with Gasteiger partial charge >= 0.3 is 0 Å². The first-order valence-corrected chi connectivity index (χ1v) is 11.7. The summed E-state index contributed by atoms with van der Waals surface area (Å²) in [6.45, 7) is 2.09. The molecule has 1 saturated carbocycles. The molecule has 0 bridgehead atoms. The molecule has 0 amide bonds. The summed E-state index contributed by atoms with van der Waals surface area (Å²) in [7, 11) is 0. The smallest absolute Gasteiger partial charge is 0.198 e. The Morgan fingerprint density at radius 1 is 0.647 bits per heavy atom. The van der Waals surface area contributed by atoms with E-state index in [0.717, 1.165) is 38.2 Å². The Morgan fingerprint density at radius 2 is 1.24 bits per heavy atom. The van der Waals surface area contributed by atoms with Gasteiger partial charge in [-0.3, -0.25) is 0 Å². The van der Waals surface area contributed by atoms with E-state index in [1.807, 2.05) is 0 Å². The summed E-state index contributed by atoms with van der Waals surface area (Å²) < 4.78 is 88.9. The minimum atomic E-state index is -2.03. The van der Waals surface area contributed by atoms with Crippen LogP contribution in [0, 0.1) is 40.8 Å². The van der Waals surface area contributed by atoms with Crippen molar-refractivity contribution in [2.75, 3.05) is 0 Å². The van der Waals surface area contributed by atoms with Gasteiger partial charge in [-0.2, -0.15) is 0 Å². The lowest BCUT2D eigenvalue weighted by molar-refractivity contribution is 0.297. The molecule has 3 aromatic rings. The summed E-state index contributed by atoms with van der Waals surface area (Å²) in [5.41, 5.74) is -1.42. The van der Waals surface area contributed by atoms with Crippen molar-refractivity contribution in [1.82, 2.24) is 0 Å². The van der Waals surface area contributed by atoms with Crippen LogP contribution in [0.15, 0.2) is 42.5 Å². The van der Waals surface area contributed by atoms with Gasteiger partial charge in [0, 0.05) is 22.3 Å². The topological polar surface area (TPSA) is 0 Å². The third-order valence-corrected chi connectivity index (χ3v) is 6.96. The van der Waals surface area contributed by atoms with Crippen LogP contribution in [0.2, 0.25) is 0 Å². The molecule has 34 heavy (non-hydrogen) atoms. The summed E-state index contributed by atoms with van der Waals surface area (Å²) in [5, 5.41) is 0. The summed E-state index contributed by atoms with van der Waals surface area (Å²) >= 11 is 0. The second-order valence-electron chi connectivity index (χ2n) is 9.06. The molecule has 1 aliphatic rings. The largest absolute Gasteiger partial charge is 0.203 e. The second-order valence-corrected chi connectivity index (χ2v) is 9.06. The zero-order chi connectivity index (χ0) is 24.4. The summed E-state index contributed by atoms with van der Waals surface area (Å²) in [5.74, 6) is -10.1. The summed E-state index contributed by atoms with van der Waals surface area (Å²) in [6.07, 6.45) is 5.47. The lowest BCUT2D eigenvalue weighted by Crippen LogP contribution is -2.17. The van der Waals surface area contributed by atoms with Gasteiger partial charge in [0.05, 0.1) is 0 Å². The van der Waals surface area contributed by atoms with E-state index in [4.69, 9.17) is 0 Å². The minimum Gasteiger partial charge on any atom is -0.203 e. The zero-order valence-electron chi connectivity index (χ0n) is 18.9. The molecule has 1 aliphatic carbocycles. The fourth-order valence-electron chi connectivity index (χ4n) is 5.11. The maximum Gasteiger partial charge on any atom is 0.198 e. The predicted octanol–water partition coefficient (Wildman–Crippen LogP) is 9.32. The van der Waals surface area contributed by atoms with Crippen molar-refractivity contribution in [3.63, 3.8) is 0 Å². The normalized spacial score (nSPS) is 18.3. The van der Waals surface area contributed by atoms with Crippen molar-refractivity contribution >= 4 is 0 Å². The van der Waals surface area contributed by atoms with Crippen molar-refractivity contribution in [2.45, 2.75) is 57.8 Å². The molecule has 0 heterocycles. The van der Waals surface area contributed by atoms with Crippen LogP contribution in [0.1, 0.15) is 63.4 Å². The van der Waals surface area contributed by atoms with Crippen LogP contribution >= 0.6 is 0 Å². The molecule has 4 rings (SSSR count). The van der Waals surface area contributed by atoms with Gasteiger partial charge in [-0.1, -0.05) is 68.7 Å². The Kier molecular flexibility index (Phi) is 7.34. The SMILES string of the molecule is CCCCC1CCC(c2c(F)c(F)c(F)c(F)c2-c2ccc(-c3ccccc3)c(F)c2F)CC1. The van der Waals surface area contributed by atoms with Crippen LogP contribution in [0.4, 0.5) is 26.3 Å². The highest BCUT2D eigenvalue weighted by molar-refractivity contribution is 5.74. The van der Waals surface area contributed by atoms with Crippen molar-refractivity contribution < 1.29 is 26.3 Å². The van der Waals surface area contributed by atoms with Gasteiger partial charge in [0.2, 0.25) is 0 Å². The molecule has 0 radical (unpaired) electrons. The number of hydrogen-bond donors (Lipinski definition) is 0. The number of unbranched alkanes of at least 4 members (excludes halogenated alkanes) is 1. The predicted molar refractivity (Wildman–Crippen MR) is 121 cm³/mol. The van der Waals surface area contributed by atoms with E-state index in [9.17, 15) is 8.78 Å². The number of halogens is 6. The van der Waals surface area contributed by atoms with Crippen LogP contribution in [0.3, 0.4) is 0 Å². The van der Waals surface area contributed by atoms with Gasteiger partial charge < -0.3 is 0 Å². The second kappa shape index (κ2) is 10.2. The zero-order valence-corrected chi connectivity index (χ0v) is 18.9. The van der Waals surface area contributed by atoms with E-state index in [1.165, 1.54) is 6.07 Å². The average Bonchev–Trinajstić information content (AvgIpc) is 2.86. The van der Waals surface area contributed by atoms with Gasteiger partial charge in [-0.15, -0.1) is 0 Å². The molecule has 180 valence electrons. The number of benzene rings is 3. The molecule has 6 heteroatoms. The molecule has 0 N–H and O–H groups in total. The molecule has 0 saturated heterocycles. The molecule has 0 atom stereocenters. The third kappa shape index (κ3) is 4.47. The van der Waals surface area contributed by atoms with Gasteiger partial charge in [0.15, 0.2) is 34.9 Å². The quantitative estimate of drug-likeness (QED) is 0.189. The highest BCUT2D eigenvalue weighted by Gasteiger charge is 2.34. The van der Waals surface area contributed by atoms with E-state index in [1.54, 1.807) is 30.3 Å². The van der Waals surface area contributed by atoms with Gasteiger partial charge in [0.25, 0.3) is 0 Å². The van der Waals surface area contributed by atoms with E-state index in [2.05, 4.69) is 6.92 Å². The maximum absolute atomic E-state index is 15.2. The number of hydrogen-bond acceptors (Lipinski definition) is 0. The van der Waals surface area contributed by atoms with E-state index < -0.39 is 57.5 Å². The lowest BCUT2D eigenvalue weighted by atomic mass is 9.75. The summed E-state index contributed by atoms with van der Waals surface area (Å²) in [4.78, 5) is 0. The molecular formula is C28H26F6. The Balaban J connectivity index is 1.81. The fourth-order valence-corrected chi connectivity index (χ4v) is 5.11. The molecule has 0 aliphatic heterocycles. The third-order valence-electron chi connectivity index (χ3n) is 6.96. The Labute approximate surface area is 195 Å². The lowest BCUT2D eigenvalue weighted by Gasteiger charge is -2.30. The standard InChI is InChI=1S/C28H26F6/c1-2-3-7-16-10-12-18(13-11-16)21-22(26(32)28(34)27(33)25(21)31)20-15-14-19(23(29)24(20)30)17-8-5-4-6-9-17/h4-6,8-9,14-16,18H,2-3,7,10-13H2,1H3. The van der Waals surface area contributed by atoms with Crippen LogP contribution in [0.5, 0.6) is 0 Å². The average molecular weight is 477 g/mol. The van der Waals surface area contributed by atoms with Gasteiger partial charge in [0.1, 0.15) is 0 Å². The Hall–Kier alpha value is -2.76.